The van der Waals surface area contributed by atoms with Crippen molar-refractivity contribution >= 4 is 11.9 Å². The zero-order chi connectivity index (χ0) is 8.15. The number of esters is 1. The van der Waals surface area contributed by atoms with Crippen LogP contribution in [0, 0.1) is 0 Å². The van der Waals surface area contributed by atoms with Crippen molar-refractivity contribution in [2.75, 3.05) is 7.11 Å². The summed E-state index contributed by atoms with van der Waals surface area (Å²) >= 11 is 0. The van der Waals surface area contributed by atoms with Crippen molar-refractivity contribution in [2.45, 2.75) is 12.5 Å². The quantitative estimate of drug-likeness (QED) is 0.470. The molecule has 5 nitrogen and oxygen atoms in total. The van der Waals surface area contributed by atoms with E-state index < -0.39 is 18.0 Å². The summed E-state index contributed by atoms with van der Waals surface area (Å²) in [7, 11) is 1.16. The standard InChI is InChI=1S/C5H9NO4/c1-10-4(8)2-3(7)5(6)9/h3,7H,2H2,1H3,(H2,6,9). The molecule has 10 heavy (non-hydrogen) atoms. The van der Waals surface area contributed by atoms with Crippen LogP contribution in [0.1, 0.15) is 6.42 Å². The highest BCUT2D eigenvalue weighted by Gasteiger charge is 2.15. The maximum absolute atomic E-state index is 10.3. The van der Waals surface area contributed by atoms with Crippen LogP contribution in [0.3, 0.4) is 0 Å². The average molecular weight is 147 g/mol. The smallest absolute Gasteiger partial charge is 0.308 e. The summed E-state index contributed by atoms with van der Waals surface area (Å²) in [5.41, 5.74) is 4.64. The minimum absolute atomic E-state index is 0.383. The first-order valence-corrected chi connectivity index (χ1v) is 2.62. The lowest BCUT2D eigenvalue weighted by molar-refractivity contribution is -0.145. The van der Waals surface area contributed by atoms with Crippen LogP contribution in [0.15, 0.2) is 0 Å². The molecule has 0 aromatic rings. The number of carbonyl (C=O) groups is 2. The lowest BCUT2D eigenvalue weighted by Gasteiger charge is -2.02. The van der Waals surface area contributed by atoms with Gasteiger partial charge in [0, 0.05) is 0 Å². The van der Waals surface area contributed by atoms with Gasteiger partial charge in [-0.05, 0) is 0 Å². The SMILES string of the molecule is COC(=O)CC(O)C(N)=O. The van der Waals surface area contributed by atoms with E-state index >= 15 is 0 Å². The van der Waals surface area contributed by atoms with Crippen molar-refractivity contribution < 1.29 is 19.4 Å². The van der Waals surface area contributed by atoms with Crippen LogP contribution in [0.25, 0.3) is 0 Å². The molecule has 0 spiro atoms. The molecule has 0 saturated heterocycles. The largest absolute Gasteiger partial charge is 0.469 e. The number of carbonyl (C=O) groups excluding carboxylic acids is 2. The molecule has 5 heteroatoms. The summed E-state index contributed by atoms with van der Waals surface area (Å²) in [6, 6.07) is 0. The van der Waals surface area contributed by atoms with E-state index in [9.17, 15) is 9.59 Å². The number of hydrogen-bond donors (Lipinski definition) is 2. The minimum atomic E-state index is -1.44. The van der Waals surface area contributed by atoms with E-state index in [0.29, 0.717) is 0 Å². The second kappa shape index (κ2) is 3.84. The molecule has 1 unspecified atom stereocenters. The molecule has 0 saturated carbocycles. The third-order valence-corrected chi connectivity index (χ3v) is 0.916. The van der Waals surface area contributed by atoms with Crippen molar-refractivity contribution in [2.24, 2.45) is 5.73 Å². The van der Waals surface area contributed by atoms with Crippen LogP contribution >= 0.6 is 0 Å². The Morgan fingerprint density at radius 3 is 2.50 bits per heavy atom. The van der Waals surface area contributed by atoms with Gasteiger partial charge in [-0.1, -0.05) is 0 Å². The molecule has 1 amide bonds. The summed E-state index contributed by atoms with van der Waals surface area (Å²) in [5, 5.41) is 8.65. The number of amides is 1. The lowest BCUT2D eigenvalue weighted by Crippen LogP contribution is -2.30. The number of ether oxygens (including phenoxy) is 1. The molecule has 0 heterocycles. The second-order valence-corrected chi connectivity index (χ2v) is 1.70. The molecule has 0 aliphatic carbocycles. The summed E-state index contributed by atoms with van der Waals surface area (Å²) in [6.07, 6.45) is -1.82. The maximum Gasteiger partial charge on any atom is 0.308 e. The van der Waals surface area contributed by atoms with E-state index in [2.05, 4.69) is 10.5 Å². The Bertz CT molecular complexity index is 145. The van der Waals surface area contributed by atoms with Crippen molar-refractivity contribution in [1.82, 2.24) is 0 Å². The number of aliphatic hydroxyl groups excluding tert-OH is 1. The van der Waals surface area contributed by atoms with Gasteiger partial charge in [-0.25, -0.2) is 0 Å². The molecule has 0 aromatic heterocycles. The summed E-state index contributed by atoms with van der Waals surface area (Å²) in [5.74, 6) is -1.59. The van der Waals surface area contributed by atoms with E-state index in [4.69, 9.17) is 5.11 Å². The first kappa shape index (κ1) is 8.90. The molecule has 0 aromatic carbocycles. The predicted octanol–water partition coefficient (Wildman–Crippen LogP) is -1.60. The molecule has 1 atom stereocenters. The van der Waals surface area contributed by atoms with Crippen molar-refractivity contribution in [3.8, 4) is 0 Å². The Kier molecular flexibility index (Phi) is 3.42. The molecular weight excluding hydrogens is 138 g/mol. The third kappa shape index (κ3) is 3.03. The molecule has 58 valence electrons. The Balaban J connectivity index is 3.68. The highest BCUT2D eigenvalue weighted by atomic mass is 16.5. The Labute approximate surface area is 57.8 Å². The topological polar surface area (TPSA) is 89.6 Å². The number of hydrogen-bond acceptors (Lipinski definition) is 4. The van der Waals surface area contributed by atoms with Gasteiger partial charge in [-0.3, -0.25) is 9.59 Å². The van der Waals surface area contributed by atoms with Gasteiger partial charge in [0.25, 0.3) is 0 Å². The van der Waals surface area contributed by atoms with E-state index in [1.807, 2.05) is 0 Å². The number of rotatable bonds is 3. The molecule has 0 radical (unpaired) electrons. The van der Waals surface area contributed by atoms with E-state index in [0.717, 1.165) is 7.11 Å². The van der Waals surface area contributed by atoms with Gasteiger partial charge in [0.1, 0.15) is 6.10 Å². The van der Waals surface area contributed by atoms with Crippen LogP contribution in [0.4, 0.5) is 0 Å². The van der Waals surface area contributed by atoms with Crippen molar-refractivity contribution in [3.05, 3.63) is 0 Å². The van der Waals surface area contributed by atoms with E-state index in [-0.39, 0.29) is 6.42 Å². The van der Waals surface area contributed by atoms with E-state index in [1.165, 1.54) is 0 Å². The first-order valence-electron chi connectivity index (χ1n) is 2.62. The van der Waals surface area contributed by atoms with Gasteiger partial charge in [0.05, 0.1) is 13.5 Å². The van der Waals surface area contributed by atoms with Crippen LogP contribution in [0.5, 0.6) is 0 Å². The lowest BCUT2D eigenvalue weighted by atomic mass is 10.2. The maximum atomic E-state index is 10.3. The van der Waals surface area contributed by atoms with Gasteiger partial charge in [0.15, 0.2) is 0 Å². The highest BCUT2D eigenvalue weighted by molar-refractivity contribution is 5.84. The fourth-order valence-electron chi connectivity index (χ4n) is 0.342. The molecule has 0 aliphatic heterocycles. The Hall–Kier alpha value is -1.10. The molecule has 3 N–H and O–H groups in total. The van der Waals surface area contributed by atoms with Crippen LogP contribution in [-0.2, 0) is 14.3 Å². The number of methoxy groups -OCH3 is 1. The highest BCUT2D eigenvalue weighted by Crippen LogP contribution is 1.91. The predicted molar refractivity (Wildman–Crippen MR) is 31.8 cm³/mol. The minimum Gasteiger partial charge on any atom is -0.469 e. The van der Waals surface area contributed by atoms with Crippen molar-refractivity contribution in [3.63, 3.8) is 0 Å². The van der Waals surface area contributed by atoms with Gasteiger partial charge in [0.2, 0.25) is 5.91 Å². The Morgan fingerprint density at radius 1 is 1.70 bits per heavy atom. The number of nitrogens with two attached hydrogens (primary N) is 1. The summed E-state index contributed by atoms with van der Waals surface area (Å²) in [4.78, 5) is 20.5. The molecule has 0 aliphatic rings. The van der Waals surface area contributed by atoms with Gasteiger partial charge < -0.3 is 15.6 Å². The molecular formula is C5H9NO4. The number of aliphatic hydroxyl groups is 1. The monoisotopic (exact) mass is 147 g/mol. The fraction of sp³-hybridized carbons (Fsp3) is 0.600. The average Bonchev–Trinajstić information content (AvgIpc) is 1.87. The second-order valence-electron chi connectivity index (χ2n) is 1.70. The number of primary amides is 1. The van der Waals surface area contributed by atoms with Gasteiger partial charge in [-0.15, -0.1) is 0 Å². The van der Waals surface area contributed by atoms with Crippen LogP contribution in [0.2, 0.25) is 0 Å². The molecule has 0 rings (SSSR count). The van der Waals surface area contributed by atoms with Crippen molar-refractivity contribution in [1.29, 1.82) is 0 Å². The van der Waals surface area contributed by atoms with Crippen LogP contribution < -0.4 is 5.73 Å². The van der Waals surface area contributed by atoms with Gasteiger partial charge in [-0.2, -0.15) is 0 Å². The first-order chi connectivity index (χ1) is 4.57. The van der Waals surface area contributed by atoms with Gasteiger partial charge >= 0.3 is 5.97 Å². The third-order valence-electron chi connectivity index (χ3n) is 0.916. The zero-order valence-electron chi connectivity index (χ0n) is 5.53. The summed E-state index contributed by atoms with van der Waals surface area (Å²) < 4.78 is 4.16. The zero-order valence-corrected chi connectivity index (χ0v) is 5.53. The molecule has 0 bridgehead atoms. The summed E-state index contributed by atoms with van der Waals surface area (Å²) in [6.45, 7) is 0. The molecule has 0 fully saturated rings. The van der Waals surface area contributed by atoms with E-state index in [1.54, 1.807) is 0 Å². The fourth-order valence-corrected chi connectivity index (χ4v) is 0.342. The van der Waals surface area contributed by atoms with Crippen LogP contribution in [-0.4, -0.2) is 30.2 Å². The Morgan fingerprint density at radius 2 is 2.20 bits per heavy atom. The normalized spacial score (nSPS) is 12.2.